The second-order valence-electron chi connectivity index (χ2n) is 5.76. The van der Waals surface area contributed by atoms with Crippen LogP contribution in [0.1, 0.15) is 37.3 Å². The van der Waals surface area contributed by atoms with Crippen molar-refractivity contribution in [2.75, 3.05) is 13.1 Å². The summed E-state index contributed by atoms with van der Waals surface area (Å²) < 4.78 is 38.1. The first-order valence-corrected chi connectivity index (χ1v) is 7.27. The molecule has 0 amide bonds. The number of ketones is 1. The monoisotopic (exact) mass is 299 g/mol. The molecular weight excluding hydrogens is 279 g/mol. The lowest BCUT2D eigenvalue weighted by molar-refractivity contribution is -0.137. The van der Waals surface area contributed by atoms with Crippen LogP contribution < -0.4 is 5.32 Å². The zero-order chi connectivity index (χ0) is 15.5. The average molecular weight is 299 g/mol. The van der Waals surface area contributed by atoms with E-state index in [1.54, 1.807) is 6.07 Å². The molecule has 1 heterocycles. The number of Topliss-reactive ketones (excluding diaryl/α,β-unsaturated/α-hetero) is 1. The Bertz CT molecular complexity index is 504. The summed E-state index contributed by atoms with van der Waals surface area (Å²) in [6.07, 6.45) is -1.83. The molecule has 1 aliphatic rings. The summed E-state index contributed by atoms with van der Waals surface area (Å²) in [4.78, 5) is 12.6. The lowest BCUT2D eigenvalue weighted by Crippen LogP contribution is -2.34. The average Bonchev–Trinajstić information content (AvgIpc) is 2.88. The van der Waals surface area contributed by atoms with Crippen molar-refractivity contribution in [3.63, 3.8) is 0 Å². The fourth-order valence-corrected chi connectivity index (χ4v) is 3.04. The second-order valence-corrected chi connectivity index (χ2v) is 5.76. The molecule has 0 aromatic heterocycles. The Labute approximate surface area is 122 Å². The van der Waals surface area contributed by atoms with Crippen LogP contribution in [0.3, 0.4) is 0 Å². The van der Waals surface area contributed by atoms with Crippen LogP contribution in [0, 0.1) is 5.41 Å². The van der Waals surface area contributed by atoms with E-state index in [1.165, 1.54) is 6.07 Å². The van der Waals surface area contributed by atoms with Crippen molar-refractivity contribution in [3.8, 4) is 0 Å². The summed E-state index contributed by atoms with van der Waals surface area (Å²) in [6.45, 7) is 3.46. The third-order valence-electron chi connectivity index (χ3n) is 4.18. The first-order chi connectivity index (χ1) is 9.87. The van der Waals surface area contributed by atoms with Crippen molar-refractivity contribution in [2.45, 2.75) is 38.8 Å². The fraction of sp³-hybridized carbons (Fsp3) is 0.562. The van der Waals surface area contributed by atoms with E-state index in [0.29, 0.717) is 12.1 Å². The number of hydrogen-bond donors (Lipinski definition) is 1. The molecule has 1 aromatic rings. The highest BCUT2D eigenvalue weighted by molar-refractivity contribution is 5.87. The molecule has 21 heavy (non-hydrogen) atoms. The van der Waals surface area contributed by atoms with Gasteiger partial charge in [0.05, 0.1) is 5.56 Å². The number of rotatable bonds is 5. The molecule has 1 aromatic carbocycles. The molecule has 1 aliphatic heterocycles. The van der Waals surface area contributed by atoms with E-state index in [0.717, 1.165) is 37.9 Å². The fourth-order valence-electron chi connectivity index (χ4n) is 3.04. The van der Waals surface area contributed by atoms with Gasteiger partial charge in [0.2, 0.25) is 0 Å². The van der Waals surface area contributed by atoms with Crippen LogP contribution in [-0.4, -0.2) is 18.9 Å². The summed E-state index contributed by atoms with van der Waals surface area (Å²) in [5.74, 6) is 0.0497. The van der Waals surface area contributed by atoms with Crippen LogP contribution in [0.4, 0.5) is 13.2 Å². The number of benzene rings is 1. The normalized spacial score (nSPS) is 22.5. The lowest BCUT2D eigenvalue weighted by atomic mass is 9.76. The molecule has 5 heteroatoms. The van der Waals surface area contributed by atoms with Gasteiger partial charge in [-0.2, -0.15) is 13.2 Å². The Kier molecular flexibility index (Phi) is 4.71. The molecule has 0 aliphatic carbocycles. The first-order valence-electron chi connectivity index (χ1n) is 7.27. The van der Waals surface area contributed by atoms with Crippen LogP contribution >= 0.6 is 0 Å². The van der Waals surface area contributed by atoms with E-state index >= 15 is 0 Å². The van der Waals surface area contributed by atoms with Crippen molar-refractivity contribution in [1.82, 2.24) is 5.32 Å². The van der Waals surface area contributed by atoms with Gasteiger partial charge in [-0.1, -0.05) is 31.5 Å². The van der Waals surface area contributed by atoms with Gasteiger partial charge in [-0.05, 0) is 31.0 Å². The molecule has 0 saturated carbocycles. The van der Waals surface area contributed by atoms with Crippen LogP contribution in [0.2, 0.25) is 0 Å². The molecule has 1 N–H and O–H groups in total. The Hall–Kier alpha value is -1.36. The minimum Gasteiger partial charge on any atom is -0.316 e. The van der Waals surface area contributed by atoms with E-state index in [-0.39, 0.29) is 12.2 Å². The summed E-state index contributed by atoms with van der Waals surface area (Å²) in [5.41, 5.74) is -0.651. The van der Waals surface area contributed by atoms with Crippen LogP contribution in [0.5, 0.6) is 0 Å². The molecule has 1 fully saturated rings. The van der Waals surface area contributed by atoms with Gasteiger partial charge in [0, 0.05) is 18.4 Å². The van der Waals surface area contributed by atoms with Gasteiger partial charge >= 0.3 is 6.18 Å². The SMILES string of the molecule is CCCC1(C(=O)Cc2cccc(C(F)(F)F)c2)CCNC1. The maximum Gasteiger partial charge on any atom is 0.416 e. The number of carbonyl (C=O) groups is 1. The third-order valence-corrected chi connectivity index (χ3v) is 4.18. The van der Waals surface area contributed by atoms with Gasteiger partial charge in [0.25, 0.3) is 0 Å². The quantitative estimate of drug-likeness (QED) is 0.900. The Morgan fingerprint density at radius 2 is 2.14 bits per heavy atom. The summed E-state index contributed by atoms with van der Waals surface area (Å²) >= 11 is 0. The zero-order valence-electron chi connectivity index (χ0n) is 12.1. The number of nitrogens with one attached hydrogen (secondary N) is 1. The minimum atomic E-state index is -4.37. The molecule has 2 rings (SSSR count). The van der Waals surface area contributed by atoms with E-state index in [4.69, 9.17) is 0 Å². The van der Waals surface area contributed by atoms with E-state index in [2.05, 4.69) is 5.32 Å². The highest BCUT2D eigenvalue weighted by atomic mass is 19.4. The lowest BCUT2D eigenvalue weighted by Gasteiger charge is -2.26. The molecule has 0 bridgehead atoms. The van der Waals surface area contributed by atoms with E-state index < -0.39 is 17.2 Å². The first kappa shape index (κ1) is 16.0. The predicted octanol–water partition coefficient (Wildman–Crippen LogP) is 3.60. The molecule has 0 spiro atoms. The molecule has 116 valence electrons. The van der Waals surface area contributed by atoms with Crippen molar-refractivity contribution in [1.29, 1.82) is 0 Å². The molecule has 2 nitrogen and oxygen atoms in total. The van der Waals surface area contributed by atoms with Crippen molar-refractivity contribution >= 4 is 5.78 Å². The number of alkyl halides is 3. The maximum absolute atomic E-state index is 12.7. The van der Waals surface area contributed by atoms with E-state index in [1.807, 2.05) is 6.92 Å². The number of hydrogen-bond acceptors (Lipinski definition) is 2. The third kappa shape index (κ3) is 3.64. The number of halogens is 3. The molecular formula is C16H20F3NO. The van der Waals surface area contributed by atoms with Gasteiger partial charge < -0.3 is 5.32 Å². The predicted molar refractivity (Wildman–Crippen MR) is 75.0 cm³/mol. The second kappa shape index (κ2) is 6.18. The molecule has 0 radical (unpaired) electrons. The van der Waals surface area contributed by atoms with Crippen LogP contribution in [0.25, 0.3) is 0 Å². The van der Waals surface area contributed by atoms with Gasteiger partial charge in [0.1, 0.15) is 5.78 Å². The Morgan fingerprint density at radius 1 is 1.38 bits per heavy atom. The smallest absolute Gasteiger partial charge is 0.316 e. The molecule has 1 atom stereocenters. The maximum atomic E-state index is 12.7. The molecule has 1 saturated heterocycles. The van der Waals surface area contributed by atoms with Gasteiger partial charge in [0.15, 0.2) is 0 Å². The van der Waals surface area contributed by atoms with Gasteiger partial charge in [-0.15, -0.1) is 0 Å². The highest BCUT2D eigenvalue weighted by Gasteiger charge is 2.39. The number of carbonyl (C=O) groups excluding carboxylic acids is 1. The summed E-state index contributed by atoms with van der Waals surface area (Å²) in [5, 5.41) is 3.20. The Balaban J connectivity index is 2.15. The Morgan fingerprint density at radius 3 is 2.71 bits per heavy atom. The van der Waals surface area contributed by atoms with E-state index in [9.17, 15) is 18.0 Å². The van der Waals surface area contributed by atoms with Crippen molar-refractivity contribution in [2.24, 2.45) is 5.41 Å². The van der Waals surface area contributed by atoms with Gasteiger partial charge in [-0.25, -0.2) is 0 Å². The van der Waals surface area contributed by atoms with Crippen molar-refractivity contribution < 1.29 is 18.0 Å². The van der Waals surface area contributed by atoms with Crippen molar-refractivity contribution in [3.05, 3.63) is 35.4 Å². The molecule has 1 unspecified atom stereocenters. The van der Waals surface area contributed by atoms with Gasteiger partial charge in [-0.3, -0.25) is 4.79 Å². The zero-order valence-corrected chi connectivity index (χ0v) is 12.1. The summed E-state index contributed by atoms with van der Waals surface area (Å²) in [7, 11) is 0. The standard InChI is InChI=1S/C16H20F3NO/c1-2-6-15(7-8-20-11-15)14(21)10-12-4-3-5-13(9-12)16(17,18)19/h3-5,9,20H,2,6-8,10-11H2,1H3. The summed E-state index contributed by atoms with van der Waals surface area (Å²) in [6, 6.07) is 5.08. The minimum absolute atomic E-state index is 0.0497. The highest BCUT2D eigenvalue weighted by Crippen LogP contribution is 2.34. The van der Waals surface area contributed by atoms with Crippen LogP contribution in [0.15, 0.2) is 24.3 Å². The van der Waals surface area contributed by atoms with Crippen LogP contribution in [-0.2, 0) is 17.4 Å². The largest absolute Gasteiger partial charge is 0.416 e. The topological polar surface area (TPSA) is 29.1 Å².